The lowest BCUT2D eigenvalue weighted by Gasteiger charge is -2.24. The molecule has 0 saturated carbocycles. The summed E-state index contributed by atoms with van der Waals surface area (Å²) in [5, 5.41) is 8.80. The second-order valence-electron chi connectivity index (χ2n) is 14.5. The molecular weight excluding hydrogens is 622 g/mol. The van der Waals surface area contributed by atoms with Gasteiger partial charge in [0.25, 0.3) is 0 Å². The van der Waals surface area contributed by atoms with Crippen molar-refractivity contribution >= 4 is 24.2 Å². The van der Waals surface area contributed by atoms with E-state index >= 15 is 0 Å². The summed E-state index contributed by atoms with van der Waals surface area (Å²) in [5.74, 6) is 0.745. The van der Waals surface area contributed by atoms with Crippen LogP contribution in [0.1, 0.15) is 109 Å². The van der Waals surface area contributed by atoms with E-state index in [1.807, 2.05) is 58.0 Å². The third-order valence-electron chi connectivity index (χ3n) is 7.68. The number of fused-ring (bicyclic) bond motifs is 2. The van der Waals surface area contributed by atoms with Crippen molar-refractivity contribution in [3.05, 3.63) is 64.7 Å². The standard InChI is InChI=1S/C38H57N5O6/c1-28-20-21-30-26-40-33(42-36(46)49-38(5,6)7)41-34(44)43(23-15-11-9-8-10-14-22-39-35(45)48-37(2,3)4)24-16-19-29-17-12-13-18-31(29)27-47-32(30)25-28/h12-13,17-18,20-21,25H,8-11,14-16,19,22-24,26-27H2,1-7H3,(H,39,45)(H2,40,41,42,44,46). The number of rotatable bonds is 9. The summed E-state index contributed by atoms with van der Waals surface area (Å²) in [5.41, 5.74) is 2.99. The zero-order chi connectivity index (χ0) is 35.9. The monoisotopic (exact) mass is 679 g/mol. The van der Waals surface area contributed by atoms with Crippen LogP contribution in [0.25, 0.3) is 0 Å². The van der Waals surface area contributed by atoms with Crippen LogP contribution in [0.3, 0.4) is 0 Å². The summed E-state index contributed by atoms with van der Waals surface area (Å²) in [6.45, 7) is 15.2. The van der Waals surface area contributed by atoms with E-state index in [-0.39, 0.29) is 24.6 Å². The Balaban J connectivity index is 1.67. The molecule has 4 amide bonds. The van der Waals surface area contributed by atoms with Crippen LogP contribution in [0.2, 0.25) is 0 Å². The van der Waals surface area contributed by atoms with Gasteiger partial charge in [0.1, 0.15) is 23.6 Å². The van der Waals surface area contributed by atoms with E-state index in [1.54, 1.807) is 25.7 Å². The molecule has 0 radical (unpaired) electrons. The van der Waals surface area contributed by atoms with E-state index in [2.05, 4.69) is 33.1 Å². The van der Waals surface area contributed by atoms with Crippen LogP contribution in [0.5, 0.6) is 5.75 Å². The minimum Gasteiger partial charge on any atom is -0.489 e. The highest BCUT2D eigenvalue weighted by atomic mass is 16.6. The minimum absolute atomic E-state index is 0.0222. The number of ether oxygens (including phenoxy) is 3. The molecule has 0 saturated heterocycles. The van der Waals surface area contributed by atoms with Crippen LogP contribution in [0.4, 0.5) is 14.4 Å². The summed E-state index contributed by atoms with van der Waals surface area (Å²) < 4.78 is 17.0. The van der Waals surface area contributed by atoms with Crippen LogP contribution in [0.15, 0.2) is 47.5 Å². The van der Waals surface area contributed by atoms with E-state index in [9.17, 15) is 14.4 Å². The first-order valence-corrected chi connectivity index (χ1v) is 17.6. The van der Waals surface area contributed by atoms with Crippen molar-refractivity contribution in [3.63, 3.8) is 0 Å². The van der Waals surface area contributed by atoms with Gasteiger partial charge in [0.2, 0.25) is 5.96 Å². The van der Waals surface area contributed by atoms with E-state index in [0.717, 1.165) is 73.8 Å². The second-order valence-corrected chi connectivity index (χ2v) is 14.5. The van der Waals surface area contributed by atoms with Gasteiger partial charge in [0.05, 0.1) is 0 Å². The first-order valence-electron chi connectivity index (χ1n) is 17.6. The molecule has 3 rings (SSSR count). The van der Waals surface area contributed by atoms with Gasteiger partial charge < -0.3 is 29.7 Å². The SMILES string of the molecule is Cc1ccc2c(c1)OCc1ccccc1CCCN(CCCCCCCCNC(=O)OC(C)(C)C)C(=O)N/C(=N/C(=O)OC(C)(C)C)NC2. The number of amides is 4. The fraction of sp³-hybridized carbons (Fsp3) is 0.579. The maximum Gasteiger partial charge on any atom is 0.437 e. The number of unbranched alkanes of at least 4 members (excludes halogenated alkanes) is 5. The normalized spacial score (nSPS) is 15.4. The third-order valence-corrected chi connectivity index (χ3v) is 7.68. The topological polar surface area (TPSA) is 131 Å². The second kappa shape index (κ2) is 19.0. The summed E-state index contributed by atoms with van der Waals surface area (Å²) in [7, 11) is 0. The molecule has 2 aromatic rings. The van der Waals surface area contributed by atoms with Gasteiger partial charge in [-0.3, -0.25) is 5.32 Å². The number of urea groups is 1. The fourth-order valence-corrected chi connectivity index (χ4v) is 5.30. The highest BCUT2D eigenvalue weighted by Gasteiger charge is 2.21. The quantitative estimate of drug-likeness (QED) is 0.231. The van der Waals surface area contributed by atoms with E-state index < -0.39 is 17.3 Å². The van der Waals surface area contributed by atoms with Gasteiger partial charge in [0, 0.05) is 31.7 Å². The number of hydrogen-bond donors (Lipinski definition) is 3. The average molecular weight is 680 g/mol. The minimum atomic E-state index is -0.795. The molecule has 11 heteroatoms. The number of benzene rings is 2. The molecule has 0 spiro atoms. The lowest BCUT2D eigenvalue weighted by molar-refractivity contribution is 0.0525. The molecule has 3 N–H and O–H groups in total. The predicted octanol–water partition coefficient (Wildman–Crippen LogP) is 7.78. The van der Waals surface area contributed by atoms with Gasteiger partial charge in [0.15, 0.2) is 0 Å². The van der Waals surface area contributed by atoms with Crippen molar-refractivity contribution < 1.29 is 28.6 Å². The summed E-state index contributed by atoms with van der Waals surface area (Å²) in [6.07, 6.45) is 6.14. The Morgan fingerprint density at radius 1 is 0.898 bits per heavy atom. The largest absolute Gasteiger partial charge is 0.489 e. The molecule has 0 unspecified atom stereocenters. The molecular formula is C38H57N5O6. The number of hydrogen-bond acceptors (Lipinski definition) is 6. The van der Waals surface area contributed by atoms with Gasteiger partial charge in [-0.2, -0.15) is 0 Å². The summed E-state index contributed by atoms with van der Waals surface area (Å²) in [4.78, 5) is 44.1. The zero-order valence-electron chi connectivity index (χ0n) is 30.6. The van der Waals surface area contributed by atoms with E-state index in [4.69, 9.17) is 14.2 Å². The Labute approximate surface area is 292 Å². The predicted molar refractivity (Wildman–Crippen MR) is 193 cm³/mol. The van der Waals surface area contributed by atoms with Gasteiger partial charge in [-0.25, -0.2) is 14.4 Å². The molecule has 270 valence electrons. The fourth-order valence-electron chi connectivity index (χ4n) is 5.30. The number of carbonyl (C=O) groups is 3. The molecule has 1 aliphatic heterocycles. The number of nitrogens with one attached hydrogen (secondary N) is 3. The molecule has 0 bridgehead atoms. The van der Waals surface area contributed by atoms with Crippen LogP contribution in [-0.2, 0) is 29.0 Å². The average Bonchev–Trinajstić information content (AvgIpc) is 3.00. The Hall–Kier alpha value is -4.28. The lowest BCUT2D eigenvalue weighted by Crippen LogP contribution is -2.48. The number of aliphatic imine (C=N–C) groups is 1. The van der Waals surface area contributed by atoms with Gasteiger partial charge >= 0.3 is 18.2 Å². The van der Waals surface area contributed by atoms with Gasteiger partial charge in [-0.15, -0.1) is 4.99 Å². The van der Waals surface area contributed by atoms with Crippen LogP contribution in [-0.4, -0.2) is 59.9 Å². The first kappa shape index (κ1) is 39.2. The molecule has 1 aliphatic rings. The first-order chi connectivity index (χ1) is 23.2. The number of aryl methyl sites for hydroxylation is 2. The molecule has 1 heterocycles. The highest BCUT2D eigenvalue weighted by molar-refractivity contribution is 6.00. The van der Waals surface area contributed by atoms with Gasteiger partial charge in [-0.1, -0.05) is 62.1 Å². The number of nitrogens with zero attached hydrogens (tertiary/aromatic N) is 2. The molecule has 0 aromatic heterocycles. The van der Waals surface area contributed by atoms with Crippen LogP contribution >= 0.6 is 0 Å². The van der Waals surface area contributed by atoms with E-state index in [1.165, 1.54) is 5.56 Å². The van der Waals surface area contributed by atoms with Crippen molar-refractivity contribution in [1.29, 1.82) is 0 Å². The molecule has 11 nitrogen and oxygen atoms in total. The van der Waals surface area contributed by atoms with Crippen molar-refractivity contribution in [2.24, 2.45) is 4.99 Å². The number of alkyl carbamates (subject to hydrolysis) is 1. The van der Waals surface area contributed by atoms with Crippen molar-refractivity contribution in [3.8, 4) is 5.75 Å². The molecule has 2 aromatic carbocycles. The smallest absolute Gasteiger partial charge is 0.437 e. The Bertz CT molecular complexity index is 1410. The van der Waals surface area contributed by atoms with Crippen molar-refractivity contribution in [2.45, 2.75) is 124 Å². The Morgan fingerprint density at radius 2 is 1.57 bits per heavy atom. The maximum atomic E-state index is 13.7. The molecule has 0 fully saturated rings. The van der Waals surface area contributed by atoms with Crippen LogP contribution in [0, 0.1) is 6.92 Å². The zero-order valence-corrected chi connectivity index (χ0v) is 30.6. The molecule has 0 atom stereocenters. The Kier molecular flexibility index (Phi) is 15.2. The third kappa shape index (κ3) is 15.7. The Morgan fingerprint density at radius 3 is 2.29 bits per heavy atom. The van der Waals surface area contributed by atoms with E-state index in [0.29, 0.717) is 26.2 Å². The number of guanidine groups is 1. The summed E-state index contributed by atoms with van der Waals surface area (Å²) >= 11 is 0. The van der Waals surface area contributed by atoms with Crippen LogP contribution < -0.4 is 20.7 Å². The van der Waals surface area contributed by atoms with Crippen molar-refractivity contribution in [1.82, 2.24) is 20.9 Å². The highest BCUT2D eigenvalue weighted by Crippen LogP contribution is 2.23. The summed E-state index contributed by atoms with van der Waals surface area (Å²) in [6, 6.07) is 13.9. The molecule has 0 aliphatic carbocycles. The molecule has 49 heavy (non-hydrogen) atoms. The van der Waals surface area contributed by atoms with Crippen molar-refractivity contribution in [2.75, 3.05) is 19.6 Å². The lowest BCUT2D eigenvalue weighted by atomic mass is 10.0. The maximum absolute atomic E-state index is 13.7. The number of carbonyl (C=O) groups excluding carboxylic acids is 3. The van der Waals surface area contributed by atoms with Gasteiger partial charge in [-0.05, 0) is 96.9 Å².